The fourth-order valence-electron chi connectivity index (χ4n) is 4.54. The number of amides is 1. The minimum absolute atomic E-state index is 0.0359. The van der Waals surface area contributed by atoms with Gasteiger partial charge < -0.3 is 16.8 Å². The monoisotopic (exact) mass is 391 g/mol. The van der Waals surface area contributed by atoms with E-state index in [4.69, 9.17) is 11.5 Å². The van der Waals surface area contributed by atoms with E-state index in [9.17, 15) is 4.79 Å². The lowest BCUT2D eigenvalue weighted by atomic mass is 9.68. The first-order valence-electron chi connectivity index (χ1n) is 10.1. The van der Waals surface area contributed by atoms with E-state index in [0.29, 0.717) is 12.1 Å². The highest BCUT2D eigenvalue weighted by atomic mass is 16.1. The highest BCUT2D eigenvalue weighted by Gasteiger charge is 2.50. The molecule has 2 heterocycles. The number of benzene rings is 1. The molecule has 1 fully saturated rings. The third-order valence-electron chi connectivity index (χ3n) is 7.19. The first-order valence-corrected chi connectivity index (χ1v) is 10.1. The summed E-state index contributed by atoms with van der Waals surface area (Å²) in [5.41, 5.74) is 16.0. The third kappa shape index (κ3) is 3.08. The van der Waals surface area contributed by atoms with Gasteiger partial charge in [0.2, 0.25) is 0 Å². The molecule has 3 aromatic rings. The molecule has 0 radical (unpaired) electrons. The van der Waals surface area contributed by atoms with Gasteiger partial charge in [-0.2, -0.15) is 5.10 Å². The number of aromatic nitrogens is 2. The largest absolute Gasteiger partial charge is 0.379 e. The fraction of sp³-hybridized carbons (Fsp3) is 0.391. The first kappa shape index (κ1) is 19.5. The number of nitrogens with one attached hydrogen (secondary N) is 1. The molecule has 5 N–H and O–H groups in total. The normalized spacial score (nSPS) is 23.4. The maximum atomic E-state index is 12.2. The number of fused-ring (bicyclic) bond motifs is 1. The van der Waals surface area contributed by atoms with Gasteiger partial charge in [0.05, 0.1) is 23.0 Å². The summed E-state index contributed by atoms with van der Waals surface area (Å²) in [5.74, 6) is -0.484. The smallest absolute Gasteiger partial charge is 0.252 e. The Morgan fingerprint density at radius 2 is 1.97 bits per heavy atom. The van der Waals surface area contributed by atoms with Crippen LogP contribution in [0, 0.1) is 10.8 Å². The molecule has 0 spiro atoms. The molecule has 2 atom stereocenters. The Morgan fingerprint density at radius 3 is 2.59 bits per heavy atom. The minimum Gasteiger partial charge on any atom is -0.379 e. The van der Waals surface area contributed by atoms with Crippen LogP contribution in [0.2, 0.25) is 0 Å². The number of hydrogen-bond donors (Lipinski definition) is 3. The average Bonchev–Trinajstić information content (AvgIpc) is 3.24. The van der Waals surface area contributed by atoms with Crippen molar-refractivity contribution in [3.8, 4) is 11.1 Å². The summed E-state index contributed by atoms with van der Waals surface area (Å²) in [4.78, 5) is 12.2. The lowest BCUT2D eigenvalue weighted by Crippen LogP contribution is -2.44. The van der Waals surface area contributed by atoms with Gasteiger partial charge >= 0.3 is 0 Å². The van der Waals surface area contributed by atoms with Crippen LogP contribution < -0.4 is 16.8 Å². The highest BCUT2D eigenvalue weighted by Crippen LogP contribution is 2.53. The van der Waals surface area contributed by atoms with Crippen LogP contribution in [0.5, 0.6) is 0 Å². The molecule has 29 heavy (non-hydrogen) atoms. The van der Waals surface area contributed by atoms with E-state index in [1.165, 1.54) is 0 Å². The fourth-order valence-corrected chi connectivity index (χ4v) is 4.54. The highest BCUT2D eigenvalue weighted by molar-refractivity contribution is 6.02. The molecule has 6 nitrogen and oxygen atoms in total. The van der Waals surface area contributed by atoms with Gasteiger partial charge in [-0.3, -0.25) is 4.79 Å². The zero-order valence-corrected chi connectivity index (χ0v) is 17.3. The Labute approximate surface area is 171 Å². The van der Waals surface area contributed by atoms with Crippen molar-refractivity contribution < 1.29 is 4.79 Å². The summed E-state index contributed by atoms with van der Waals surface area (Å²) in [6.07, 6.45) is 5.55. The SMILES string of the molecule is CC1(C)[C@@H](Nc2c(C(N)=O)cnn3cc(-c4ccccc4)cc23)CC[C@]1(C)CN. The lowest BCUT2D eigenvalue weighted by molar-refractivity contribution is 0.1000. The van der Waals surface area contributed by atoms with Crippen LogP contribution in [-0.2, 0) is 0 Å². The third-order valence-corrected chi connectivity index (χ3v) is 7.19. The molecule has 1 aliphatic carbocycles. The van der Waals surface area contributed by atoms with Crippen molar-refractivity contribution in [2.24, 2.45) is 22.3 Å². The van der Waals surface area contributed by atoms with E-state index in [1.807, 2.05) is 24.4 Å². The molecule has 0 unspecified atom stereocenters. The van der Waals surface area contributed by atoms with Crippen molar-refractivity contribution in [1.82, 2.24) is 9.61 Å². The van der Waals surface area contributed by atoms with Gasteiger partial charge in [0.25, 0.3) is 5.91 Å². The predicted octanol–water partition coefficient (Wildman–Crippen LogP) is 3.67. The quantitative estimate of drug-likeness (QED) is 0.618. The van der Waals surface area contributed by atoms with Crippen molar-refractivity contribution >= 4 is 17.1 Å². The summed E-state index contributed by atoms with van der Waals surface area (Å²) >= 11 is 0. The lowest BCUT2D eigenvalue weighted by Gasteiger charge is -2.41. The number of rotatable bonds is 5. The number of carbonyl (C=O) groups is 1. The van der Waals surface area contributed by atoms with Crippen molar-refractivity contribution in [3.05, 3.63) is 54.4 Å². The minimum atomic E-state index is -0.484. The molecular weight excluding hydrogens is 362 g/mol. The van der Waals surface area contributed by atoms with Crippen LogP contribution in [0.1, 0.15) is 44.0 Å². The van der Waals surface area contributed by atoms with Gasteiger partial charge in [-0.15, -0.1) is 0 Å². The molecule has 2 aromatic heterocycles. The summed E-state index contributed by atoms with van der Waals surface area (Å²) in [7, 11) is 0. The predicted molar refractivity (Wildman–Crippen MR) is 117 cm³/mol. The van der Waals surface area contributed by atoms with E-state index in [-0.39, 0.29) is 16.9 Å². The second-order valence-electron chi connectivity index (χ2n) is 8.94. The number of hydrogen-bond acceptors (Lipinski definition) is 4. The molecule has 4 rings (SSSR count). The van der Waals surface area contributed by atoms with E-state index >= 15 is 0 Å². The van der Waals surface area contributed by atoms with Crippen LogP contribution in [0.25, 0.3) is 16.6 Å². The maximum absolute atomic E-state index is 12.2. The number of carbonyl (C=O) groups excluding carboxylic acids is 1. The second-order valence-corrected chi connectivity index (χ2v) is 8.94. The number of primary amides is 1. The summed E-state index contributed by atoms with van der Waals surface area (Å²) < 4.78 is 1.81. The molecule has 0 bridgehead atoms. The van der Waals surface area contributed by atoms with Crippen LogP contribution >= 0.6 is 0 Å². The Balaban J connectivity index is 1.81. The van der Waals surface area contributed by atoms with Gasteiger partial charge in [0.15, 0.2) is 0 Å². The Hall–Kier alpha value is -2.86. The molecule has 1 aromatic carbocycles. The van der Waals surface area contributed by atoms with E-state index in [2.05, 4.69) is 49.4 Å². The van der Waals surface area contributed by atoms with E-state index in [1.54, 1.807) is 10.7 Å². The number of anilines is 1. The summed E-state index contributed by atoms with van der Waals surface area (Å²) in [6.45, 7) is 7.38. The van der Waals surface area contributed by atoms with Crippen molar-refractivity contribution in [3.63, 3.8) is 0 Å². The zero-order valence-electron chi connectivity index (χ0n) is 17.3. The van der Waals surface area contributed by atoms with Gasteiger partial charge in [-0.05, 0) is 41.8 Å². The van der Waals surface area contributed by atoms with Gasteiger partial charge in [0.1, 0.15) is 0 Å². The second kappa shape index (κ2) is 6.88. The van der Waals surface area contributed by atoms with Crippen LogP contribution in [-0.4, -0.2) is 28.1 Å². The van der Waals surface area contributed by atoms with Crippen molar-refractivity contribution in [2.75, 3.05) is 11.9 Å². The standard InChI is InChI=1S/C23H29N5O/c1-22(2)19(9-10-23(22,3)14-24)27-20-17(21(25)29)12-26-28-13-16(11-18(20)28)15-7-5-4-6-8-15/h4-8,11-13,19,27H,9-10,14,24H2,1-3H3,(H2,25,29)/t19-,23+/m0/s1. The maximum Gasteiger partial charge on any atom is 0.252 e. The van der Waals surface area contributed by atoms with Crippen LogP contribution in [0.4, 0.5) is 5.69 Å². The molecular formula is C23H29N5O. The molecule has 6 heteroatoms. The van der Waals surface area contributed by atoms with E-state index < -0.39 is 5.91 Å². The Morgan fingerprint density at radius 1 is 1.24 bits per heavy atom. The molecule has 0 saturated heterocycles. The van der Waals surface area contributed by atoms with Gasteiger partial charge in [-0.25, -0.2) is 4.52 Å². The van der Waals surface area contributed by atoms with Crippen LogP contribution in [0.15, 0.2) is 48.8 Å². The topological polar surface area (TPSA) is 98.4 Å². The number of nitrogens with two attached hydrogens (primary N) is 2. The average molecular weight is 392 g/mol. The van der Waals surface area contributed by atoms with Crippen molar-refractivity contribution in [1.29, 1.82) is 0 Å². The summed E-state index contributed by atoms with van der Waals surface area (Å²) in [6, 6.07) is 12.4. The summed E-state index contributed by atoms with van der Waals surface area (Å²) in [5, 5.41) is 8.08. The molecule has 0 aliphatic heterocycles. The Kier molecular flexibility index (Phi) is 4.62. The first-order chi connectivity index (χ1) is 13.8. The van der Waals surface area contributed by atoms with Crippen LogP contribution in [0.3, 0.4) is 0 Å². The molecule has 152 valence electrons. The molecule has 1 amide bonds. The van der Waals surface area contributed by atoms with Gasteiger partial charge in [-0.1, -0.05) is 51.1 Å². The Bertz CT molecular complexity index is 1060. The molecule has 1 saturated carbocycles. The van der Waals surface area contributed by atoms with Gasteiger partial charge in [0, 0.05) is 17.8 Å². The van der Waals surface area contributed by atoms with E-state index in [0.717, 1.165) is 35.2 Å². The molecule has 1 aliphatic rings. The zero-order chi connectivity index (χ0) is 20.8. The number of nitrogens with zero attached hydrogens (tertiary/aromatic N) is 2. The van der Waals surface area contributed by atoms with Crippen molar-refractivity contribution in [2.45, 2.75) is 39.7 Å².